The Morgan fingerprint density at radius 3 is 1.90 bits per heavy atom. The van der Waals surface area contributed by atoms with E-state index < -0.39 is 0 Å². The number of carbonyl (C=O) groups excluding carboxylic acids is 1. The SMILES string of the molecule is CC(=[OH+])/C=C(/C)O.CC1(C)c2ccccc2-c2c[c-]c3c(c21)-c1cccc2c(-c4nc(-c5ccccc5)nc(-c5ccccc5)n4)cnc-3c12.[Ir]. The summed E-state index contributed by atoms with van der Waals surface area (Å²) >= 11 is 0. The van der Waals surface area contributed by atoms with Crippen LogP contribution in [0.2, 0.25) is 0 Å². The number of nitrogens with zero attached hydrogens (tertiary/aromatic N) is 4. The van der Waals surface area contributed by atoms with Crippen molar-refractivity contribution in [2.24, 2.45) is 0 Å². The Morgan fingerprint density at radius 2 is 1.29 bits per heavy atom. The molecule has 1 radical (unpaired) electrons. The van der Waals surface area contributed by atoms with Crippen molar-refractivity contribution in [3.05, 3.63) is 144 Å². The second-order valence-corrected chi connectivity index (χ2v) is 13.2. The van der Waals surface area contributed by atoms with Crippen LogP contribution in [0.5, 0.6) is 0 Å². The van der Waals surface area contributed by atoms with Gasteiger partial charge in [-0.1, -0.05) is 139 Å². The smallest absolute Gasteiger partial charge is 0.316 e. The summed E-state index contributed by atoms with van der Waals surface area (Å²) < 4.78 is 0. The molecule has 0 spiro atoms. The quantitative estimate of drug-likeness (QED) is 0.0825. The van der Waals surface area contributed by atoms with Crippen LogP contribution in [0.15, 0.2) is 127 Å². The van der Waals surface area contributed by atoms with Gasteiger partial charge in [0.1, 0.15) is 0 Å². The monoisotopic (exact) mass is 843 g/mol. The van der Waals surface area contributed by atoms with E-state index in [2.05, 4.69) is 68.4 Å². The number of fused-ring (bicyclic) bond motifs is 7. The predicted molar refractivity (Wildman–Crippen MR) is 201 cm³/mol. The van der Waals surface area contributed by atoms with Crippen LogP contribution in [0.3, 0.4) is 0 Å². The van der Waals surface area contributed by atoms with Gasteiger partial charge in [0, 0.05) is 43.0 Å². The number of allylic oxidation sites excluding steroid dienone is 2. The first-order chi connectivity index (χ1) is 24.2. The molecule has 9 rings (SSSR count). The fourth-order valence-corrected chi connectivity index (χ4v) is 7.37. The van der Waals surface area contributed by atoms with E-state index in [1.54, 1.807) is 0 Å². The van der Waals surface area contributed by atoms with Gasteiger partial charge in [0.2, 0.25) is 0 Å². The van der Waals surface area contributed by atoms with Gasteiger partial charge in [-0.05, 0) is 34.4 Å². The van der Waals surface area contributed by atoms with Crippen molar-refractivity contribution < 1.29 is 30.0 Å². The van der Waals surface area contributed by atoms with Gasteiger partial charge in [-0.2, -0.15) is 0 Å². The zero-order valence-electron chi connectivity index (χ0n) is 28.6. The van der Waals surface area contributed by atoms with Crippen LogP contribution in [0, 0.1) is 6.07 Å². The molecular formula is C44H34IrN4O2. The first-order valence-corrected chi connectivity index (χ1v) is 16.6. The topological polar surface area (TPSA) is 93.2 Å². The van der Waals surface area contributed by atoms with E-state index in [1.165, 1.54) is 53.3 Å². The average Bonchev–Trinajstić information content (AvgIpc) is 3.58. The standard InChI is InChI=1S/C39H25N4.C5H8O2.Ir/c1-39(2)31-19-10-9-16-25(31)27-20-21-29-32(34(27)39)28-18-11-17-26-30(22-40-35(29)33(26)28)38-42-36(23-12-5-3-6-13-23)41-37(43-38)24-14-7-4-8-15-24;1-4(6)3-5(2)7;/h3-20,22H,1-2H3;3,6H,1-2H3;/q-1;;/p+1/b;4-3-;. The van der Waals surface area contributed by atoms with Crippen LogP contribution in [0.25, 0.3) is 78.4 Å². The minimum Gasteiger partial charge on any atom is -0.512 e. The first kappa shape index (κ1) is 33.9. The molecule has 7 aromatic rings. The van der Waals surface area contributed by atoms with Gasteiger partial charge in [-0.15, -0.1) is 23.3 Å². The molecule has 2 aliphatic carbocycles. The van der Waals surface area contributed by atoms with Gasteiger partial charge in [0.05, 0.1) is 18.8 Å². The zero-order chi connectivity index (χ0) is 34.6. The van der Waals surface area contributed by atoms with Gasteiger partial charge in [-0.3, -0.25) is 4.79 Å². The molecule has 2 aliphatic rings. The Bertz CT molecular complexity index is 2450. The zero-order valence-corrected chi connectivity index (χ0v) is 31.0. The van der Waals surface area contributed by atoms with Crippen LogP contribution in [0.4, 0.5) is 0 Å². The molecule has 0 saturated carbocycles. The number of benzene rings is 5. The van der Waals surface area contributed by atoms with E-state index in [0.717, 1.165) is 38.7 Å². The molecule has 5 aromatic carbocycles. The summed E-state index contributed by atoms with van der Waals surface area (Å²) in [5, 5.41) is 10.6. The number of hydrogen-bond donors (Lipinski definition) is 1. The third-order valence-electron chi connectivity index (χ3n) is 9.42. The van der Waals surface area contributed by atoms with Crippen molar-refractivity contribution in [3.63, 3.8) is 0 Å². The minimum absolute atomic E-state index is 0. The summed E-state index contributed by atoms with van der Waals surface area (Å²) in [5.74, 6) is 2.14. The van der Waals surface area contributed by atoms with E-state index >= 15 is 0 Å². The molecule has 2 N–H and O–H groups in total. The molecular weight excluding hydrogens is 809 g/mol. The Hall–Kier alpha value is -5.62. The normalized spacial score (nSPS) is 13.0. The van der Waals surface area contributed by atoms with E-state index in [4.69, 9.17) is 29.8 Å². The summed E-state index contributed by atoms with van der Waals surface area (Å²) in [6, 6.07) is 41.3. The Morgan fingerprint density at radius 1 is 0.706 bits per heavy atom. The third-order valence-corrected chi connectivity index (χ3v) is 9.42. The van der Waals surface area contributed by atoms with Crippen LogP contribution in [-0.2, 0) is 25.5 Å². The molecule has 6 nitrogen and oxygen atoms in total. The van der Waals surface area contributed by atoms with Gasteiger partial charge in [0.15, 0.2) is 17.5 Å². The second kappa shape index (κ2) is 13.3. The van der Waals surface area contributed by atoms with Gasteiger partial charge in [0.25, 0.3) is 0 Å². The van der Waals surface area contributed by atoms with Crippen LogP contribution in [0.1, 0.15) is 38.8 Å². The van der Waals surface area contributed by atoms with E-state index in [1.807, 2.05) is 66.9 Å². The Balaban J connectivity index is 0.000000464. The molecule has 0 amide bonds. The first-order valence-electron chi connectivity index (χ1n) is 16.6. The van der Waals surface area contributed by atoms with Crippen molar-refractivity contribution >= 4 is 16.6 Å². The maximum absolute atomic E-state index is 8.40. The van der Waals surface area contributed by atoms with Crippen molar-refractivity contribution in [3.8, 4) is 67.7 Å². The molecule has 0 unspecified atom stereocenters. The number of hydrogen-bond acceptors (Lipinski definition) is 5. The van der Waals surface area contributed by atoms with Gasteiger partial charge in [-0.25, -0.2) is 15.0 Å². The molecule has 0 fully saturated rings. The number of aromatic nitrogens is 4. The maximum atomic E-state index is 8.40. The van der Waals surface area contributed by atoms with Crippen LogP contribution in [-0.4, -0.2) is 35.6 Å². The largest absolute Gasteiger partial charge is 0.512 e. The predicted octanol–water partition coefficient (Wildman–Crippen LogP) is 10.2. The van der Waals surface area contributed by atoms with Crippen molar-refractivity contribution in [2.75, 3.05) is 0 Å². The van der Waals surface area contributed by atoms with Crippen LogP contribution >= 0.6 is 0 Å². The molecule has 7 heteroatoms. The number of aliphatic hydroxyl groups excluding tert-OH is 1. The van der Waals surface area contributed by atoms with Gasteiger partial charge >= 0.3 is 5.78 Å². The van der Waals surface area contributed by atoms with E-state index in [-0.39, 0.29) is 37.1 Å². The molecule has 0 saturated heterocycles. The molecule has 51 heavy (non-hydrogen) atoms. The fraction of sp³-hybridized carbons (Fsp3) is 0.114. The summed E-state index contributed by atoms with van der Waals surface area (Å²) in [5.41, 5.74) is 12.4. The van der Waals surface area contributed by atoms with E-state index in [0.29, 0.717) is 17.5 Å². The number of ketones is 1. The summed E-state index contributed by atoms with van der Waals surface area (Å²) in [4.78, 5) is 28.4. The number of aliphatic hydroxyl groups is 1. The average molecular weight is 843 g/mol. The van der Waals surface area contributed by atoms with Crippen molar-refractivity contribution in [1.82, 2.24) is 19.9 Å². The summed E-state index contributed by atoms with van der Waals surface area (Å²) in [6.45, 7) is 7.67. The molecule has 251 valence electrons. The number of pyridine rings is 1. The Kier molecular flexibility index (Phi) is 8.80. The van der Waals surface area contributed by atoms with Crippen LogP contribution < -0.4 is 0 Å². The minimum atomic E-state index is -0.137. The summed E-state index contributed by atoms with van der Waals surface area (Å²) in [7, 11) is 0. The van der Waals surface area contributed by atoms with Crippen molar-refractivity contribution in [1.29, 1.82) is 0 Å². The fourth-order valence-electron chi connectivity index (χ4n) is 7.37. The molecule has 0 atom stereocenters. The molecule has 2 aromatic heterocycles. The van der Waals surface area contributed by atoms with Crippen molar-refractivity contribution in [2.45, 2.75) is 33.1 Å². The molecule has 0 bridgehead atoms. The number of rotatable bonds is 4. The molecule has 2 heterocycles. The molecule has 0 aliphatic heterocycles. The van der Waals surface area contributed by atoms with Gasteiger partial charge < -0.3 is 10.1 Å². The Labute approximate surface area is 310 Å². The third kappa shape index (κ3) is 5.79. The summed E-state index contributed by atoms with van der Waals surface area (Å²) in [6.07, 6.45) is 3.20. The maximum Gasteiger partial charge on any atom is 0.316 e. The second-order valence-electron chi connectivity index (χ2n) is 13.2. The van der Waals surface area contributed by atoms with E-state index in [9.17, 15) is 0 Å².